The van der Waals surface area contributed by atoms with Crippen molar-refractivity contribution < 1.29 is 19.0 Å². The molecule has 2 aromatic carbocycles. The summed E-state index contributed by atoms with van der Waals surface area (Å²) in [6.07, 6.45) is 0.631. The summed E-state index contributed by atoms with van der Waals surface area (Å²) in [7, 11) is 1.60. The van der Waals surface area contributed by atoms with E-state index in [1.54, 1.807) is 7.11 Å². The number of nitrogens with one attached hydrogen (secondary N) is 1. The third kappa shape index (κ3) is 3.95. The summed E-state index contributed by atoms with van der Waals surface area (Å²) in [5, 5.41) is 12.2. The number of benzene rings is 2. The number of aromatic hydroxyl groups is 1. The molecule has 5 heteroatoms. The molecule has 0 aliphatic carbocycles. The molecule has 2 aromatic rings. The molecule has 0 aliphatic rings. The summed E-state index contributed by atoms with van der Waals surface area (Å²) >= 11 is 0. The minimum absolute atomic E-state index is 0.0651. The maximum absolute atomic E-state index is 13.1. The van der Waals surface area contributed by atoms with Crippen molar-refractivity contribution in [2.45, 2.75) is 6.42 Å². The molecule has 0 saturated heterocycles. The molecule has 0 aliphatic heterocycles. The molecule has 2 rings (SSSR count). The molecule has 0 heterocycles. The molecule has 0 unspecified atom stereocenters. The van der Waals surface area contributed by atoms with E-state index in [1.807, 2.05) is 24.3 Å². The topological polar surface area (TPSA) is 58.6 Å². The molecule has 21 heavy (non-hydrogen) atoms. The molecule has 0 fully saturated rings. The van der Waals surface area contributed by atoms with Crippen molar-refractivity contribution in [3.05, 3.63) is 59.4 Å². The number of phenols is 1. The van der Waals surface area contributed by atoms with Crippen molar-refractivity contribution in [2.24, 2.45) is 0 Å². The zero-order chi connectivity index (χ0) is 15.2. The summed E-state index contributed by atoms with van der Waals surface area (Å²) in [5.74, 6) is -0.528. The number of amides is 1. The molecular formula is C16H16FNO3. The number of carbonyl (C=O) groups excluding carboxylic acids is 1. The Hall–Kier alpha value is -2.56. The summed E-state index contributed by atoms with van der Waals surface area (Å²) < 4.78 is 18.1. The van der Waals surface area contributed by atoms with Crippen LogP contribution < -0.4 is 10.1 Å². The number of ether oxygens (including phenoxy) is 1. The van der Waals surface area contributed by atoms with Crippen LogP contribution in [0.15, 0.2) is 42.5 Å². The normalized spacial score (nSPS) is 10.2. The standard InChI is InChI=1S/C16H16FNO3/c1-21-13-5-2-11(3-6-13)8-9-18-16(20)14-10-12(17)4-7-15(14)19/h2-7,10,19H,8-9H2,1H3,(H,18,20). The SMILES string of the molecule is COc1ccc(CCNC(=O)c2cc(F)ccc2O)cc1. The number of phenolic OH excluding ortho intramolecular Hbond substituents is 1. The molecule has 0 bridgehead atoms. The first kappa shape index (κ1) is 14.8. The van der Waals surface area contributed by atoms with E-state index in [9.17, 15) is 14.3 Å². The predicted octanol–water partition coefficient (Wildman–Crippen LogP) is 2.51. The summed E-state index contributed by atoms with van der Waals surface area (Å²) in [5.41, 5.74) is 0.976. The van der Waals surface area contributed by atoms with E-state index < -0.39 is 11.7 Å². The van der Waals surface area contributed by atoms with Crippen molar-refractivity contribution in [3.63, 3.8) is 0 Å². The third-order valence-electron chi connectivity index (χ3n) is 3.06. The van der Waals surface area contributed by atoms with Gasteiger partial charge >= 0.3 is 0 Å². The maximum Gasteiger partial charge on any atom is 0.255 e. The van der Waals surface area contributed by atoms with E-state index in [0.717, 1.165) is 29.5 Å². The first-order valence-corrected chi connectivity index (χ1v) is 6.50. The van der Waals surface area contributed by atoms with Crippen molar-refractivity contribution in [1.82, 2.24) is 5.32 Å². The Morgan fingerprint density at radius 1 is 1.24 bits per heavy atom. The molecule has 2 N–H and O–H groups in total. The first-order valence-electron chi connectivity index (χ1n) is 6.50. The fraction of sp³-hybridized carbons (Fsp3) is 0.188. The van der Waals surface area contributed by atoms with Crippen LogP contribution >= 0.6 is 0 Å². The largest absolute Gasteiger partial charge is 0.507 e. The van der Waals surface area contributed by atoms with Gasteiger partial charge in [-0.05, 0) is 42.3 Å². The van der Waals surface area contributed by atoms with Crippen LogP contribution in [0.3, 0.4) is 0 Å². The molecule has 0 atom stereocenters. The first-order chi connectivity index (χ1) is 10.1. The van der Waals surface area contributed by atoms with Crippen molar-refractivity contribution >= 4 is 5.91 Å². The highest BCUT2D eigenvalue weighted by molar-refractivity contribution is 5.96. The maximum atomic E-state index is 13.1. The van der Waals surface area contributed by atoms with Gasteiger partial charge < -0.3 is 15.2 Å². The fourth-order valence-electron chi connectivity index (χ4n) is 1.90. The highest BCUT2D eigenvalue weighted by Gasteiger charge is 2.11. The quantitative estimate of drug-likeness (QED) is 0.889. The highest BCUT2D eigenvalue weighted by atomic mass is 19.1. The van der Waals surface area contributed by atoms with Crippen LogP contribution in [0.1, 0.15) is 15.9 Å². The second kappa shape index (κ2) is 6.74. The average molecular weight is 289 g/mol. The Labute approximate surface area is 122 Å². The lowest BCUT2D eigenvalue weighted by molar-refractivity contribution is 0.0951. The fourth-order valence-corrected chi connectivity index (χ4v) is 1.90. The van der Waals surface area contributed by atoms with Gasteiger partial charge in [0.1, 0.15) is 17.3 Å². The number of rotatable bonds is 5. The predicted molar refractivity (Wildman–Crippen MR) is 77.1 cm³/mol. The number of hydrogen-bond acceptors (Lipinski definition) is 3. The number of methoxy groups -OCH3 is 1. The lowest BCUT2D eigenvalue weighted by Gasteiger charge is -2.07. The van der Waals surface area contributed by atoms with Crippen LogP contribution in [0.4, 0.5) is 4.39 Å². The van der Waals surface area contributed by atoms with Crippen LogP contribution in [0.5, 0.6) is 11.5 Å². The lowest BCUT2D eigenvalue weighted by Crippen LogP contribution is -2.25. The molecule has 0 aromatic heterocycles. The van der Waals surface area contributed by atoms with Gasteiger partial charge in [0.25, 0.3) is 5.91 Å². The van der Waals surface area contributed by atoms with Crippen LogP contribution in [-0.4, -0.2) is 24.7 Å². The van der Waals surface area contributed by atoms with Crippen LogP contribution in [0.2, 0.25) is 0 Å². The molecule has 0 spiro atoms. The van der Waals surface area contributed by atoms with Gasteiger partial charge in [-0.3, -0.25) is 4.79 Å². The number of hydrogen-bond donors (Lipinski definition) is 2. The monoisotopic (exact) mass is 289 g/mol. The van der Waals surface area contributed by atoms with Gasteiger partial charge in [0, 0.05) is 6.54 Å². The molecular weight excluding hydrogens is 273 g/mol. The molecule has 4 nitrogen and oxygen atoms in total. The van der Waals surface area contributed by atoms with E-state index in [0.29, 0.717) is 13.0 Å². The van der Waals surface area contributed by atoms with E-state index in [-0.39, 0.29) is 11.3 Å². The zero-order valence-electron chi connectivity index (χ0n) is 11.6. The van der Waals surface area contributed by atoms with Gasteiger partial charge in [-0.1, -0.05) is 12.1 Å². The molecule has 0 radical (unpaired) electrons. The third-order valence-corrected chi connectivity index (χ3v) is 3.06. The number of halogens is 1. The Morgan fingerprint density at radius 2 is 1.95 bits per heavy atom. The van der Waals surface area contributed by atoms with Crippen molar-refractivity contribution in [3.8, 4) is 11.5 Å². The Bertz CT molecular complexity index is 626. The van der Waals surface area contributed by atoms with E-state index in [2.05, 4.69) is 5.32 Å². The molecule has 1 amide bonds. The summed E-state index contributed by atoms with van der Waals surface area (Å²) in [6.45, 7) is 0.390. The highest BCUT2D eigenvalue weighted by Crippen LogP contribution is 2.17. The van der Waals surface area contributed by atoms with E-state index >= 15 is 0 Å². The average Bonchev–Trinajstić information content (AvgIpc) is 2.50. The Kier molecular flexibility index (Phi) is 4.77. The number of carbonyl (C=O) groups is 1. The summed E-state index contributed by atoms with van der Waals surface area (Å²) in [6, 6.07) is 10.8. The minimum atomic E-state index is -0.562. The van der Waals surface area contributed by atoms with Crippen molar-refractivity contribution in [1.29, 1.82) is 0 Å². The van der Waals surface area contributed by atoms with Crippen LogP contribution in [-0.2, 0) is 6.42 Å². The van der Waals surface area contributed by atoms with E-state index in [1.165, 1.54) is 0 Å². The van der Waals surface area contributed by atoms with Crippen LogP contribution in [0.25, 0.3) is 0 Å². The molecule has 0 saturated carbocycles. The van der Waals surface area contributed by atoms with Gasteiger partial charge in [0.05, 0.1) is 12.7 Å². The summed E-state index contributed by atoms with van der Waals surface area (Å²) in [4.78, 5) is 11.9. The minimum Gasteiger partial charge on any atom is -0.507 e. The van der Waals surface area contributed by atoms with Crippen molar-refractivity contribution in [2.75, 3.05) is 13.7 Å². The van der Waals surface area contributed by atoms with Gasteiger partial charge in [-0.15, -0.1) is 0 Å². The zero-order valence-corrected chi connectivity index (χ0v) is 11.6. The van der Waals surface area contributed by atoms with E-state index in [4.69, 9.17) is 4.74 Å². The second-order valence-corrected chi connectivity index (χ2v) is 4.52. The molecule has 110 valence electrons. The Morgan fingerprint density at radius 3 is 2.62 bits per heavy atom. The second-order valence-electron chi connectivity index (χ2n) is 4.52. The lowest BCUT2D eigenvalue weighted by atomic mass is 10.1. The van der Waals surface area contributed by atoms with Gasteiger partial charge in [0.2, 0.25) is 0 Å². The van der Waals surface area contributed by atoms with Crippen LogP contribution in [0, 0.1) is 5.82 Å². The van der Waals surface area contributed by atoms with Gasteiger partial charge in [-0.2, -0.15) is 0 Å². The van der Waals surface area contributed by atoms with Gasteiger partial charge in [0.15, 0.2) is 0 Å². The smallest absolute Gasteiger partial charge is 0.255 e. The Balaban J connectivity index is 1.90. The van der Waals surface area contributed by atoms with Gasteiger partial charge in [-0.25, -0.2) is 4.39 Å².